The molecule has 29 heavy (non-hydrogen) atoms. The lowest BCUT2D eigenvalue weighted by atomic mass is 10.0. The molecule has 3 amide bonds. The summed E-state index contributed by atoms with van der Waals surface area (Å²) in [6, 6.07) is -5.53. The van der Waals surface area contributed by atoms with Crippen molar-refractivity contribution in [3.63, 3.8) is 0 Å². The monoisotopic (exact) mass is 420 g/mol. The van der Waals surface area contributed by atoms with E-state index >= 15 is 0 Å². The zero-order valence-corrected chi connectivity index (χ0v) is 17.0. The molecule has 0 aromatic carbocycles. The summed E-state index contributed by atoms with van der Waals surface area (Å²) in [5, 5.41) is 44.1. The molecule has 0 aromatic heterocycles. The van der Waals surface area contributed by atoms with E-state index in [9.17, 15) is 29.4 Å². The van der Waals surface area contributed by atoms with E-state index < -0.39 is 66.7 Å². The van der Waals surface area contributed by atoms with Gasteiger partial charge < -0.3 is 42.1 Å². The fourth-order valence-corrected chi connectivity index (χ4v) is 2.36. The van der Waals surface area contributed by atoms with Gasteiger partial charge in [0.2, 0.25) is 17.7 Å². The highest BCUT2D eigenvalue weighted by Crippen LogP contribution is 2.07. The van der Waals surface area contributed by atoms with Gasteiger partial charge in [0, 0.05) is 0 Å². The van der Waals surface area contributed by atoms with E-state index in [-0.39, 0.29) is 12.3 Å². The fourth-order valence-electron chi connectivity index (χ4n) is 2.36. The number of carbonyl (C=O) groups excluding carboxylic acids is 3. The summed E-state index contributed by atoms with van der Waals surface area (Å²) in [5.74, 6) is -4.15. The largest absolute Gasteiger partial charge is 0.480 e. The second-order valence-corrected chi connectivity index (χ2v) is 7.27. The van der Waals surface area contributed by atoms with Gasteiger partial charge in [-0.25, -0.2) is 4.79 Å². The molecule has 0 saturated heterocycles. The Labute approximate surface area is 168 Å². The molecule has 0 rings (SSSR count). The average Bonchev–Trinajstić information content (AvgIpc) is 2.60. The first-order valence-corrected chi connectivity index (χ1v) is 9.18. The van der Waals surface area contributed by atoms with E-state index in [0.29, 0.717) is 0 Å². The molecule has 0 heterocycles. The van der Waals surface area contributed by atoms with Crippen LogP contribution >= 0.6 is 0 Å². The minimum absolute atomic E-state index is 0.0803. The lowest BCUT2D eigenvalue weighted by Crippen LogP contribution is -2.60. The molecule has 0 saturated carbocycles. The molecular formula is C17H32N4O8. The van der Waals surface area contributed by atoms with Gasteiger partial charge in [-0.05, 0) is 26.2 Å². The number of carboxylic acids is 1. The summed E-state index contributed by atoms with van der Waals surface area (Å²) in [6.07, 6.45) is -2.60. The van der Waals surface area contributed by atoms with Crippen LogP contribution in [0, 0.1) is 5.92 Å². The Morgan fingerprint density at radius 2 is 1.31 bits per heavy atom. The molecule has 12 heteroatoms. The average molecular weight is 420 g/mol. The maximum absolute atomic E-state index is 12.5. The maximum Gasteiger partial charge on any atom is 0.328 e. The van der Waals surface area contributed by atoms with Gasteiger partial charge >= 0.3 is 5.97 Å². The Morgan fingerprint density at radius 3 is 1.69 bits per heavy atom. The van der Waals surface area contributed by atoms with Gasteiger partial charge in [0.05, 0.1) is 18.8 Å². The summed E-state index contributed by atoms with van der Waals surface area (Å²) in [6.45, 7) is 5.29. The van der Waals surface area contributed by atoms with Crippen LogP contribution in [-0.4, -0.2) is 87.1 Å². The molecule has 0 fully saturated rings. The molecular weight excluding hydrogens is 388 g/mol. The summed E-state index contributed by atoms with van der Waals surface area (Å²) >= 11 is 0. The van der Waals surface area contributed by atoms with Crippen molar-refractivity contribution >= 4 is 23.7 Å². The van der Waals surface area contributed by atoms with Crippen LogP contribution in [0.4, 0.5) is 0 Å². The van der Waals surface area contributed by atoms with Crippen LogP contribution in [0.15, 0.2) is 0 Å². The van der Waals surface area contributed by atoms with Crippen molar-refractivity contribution in [3.8, 4) is 0 Å². The number of aliphatic carboxylic acids is 1. The lowest BCUT2D eigenvalue weighted by molar-refractivity contribution is -0.145. The van der Waals surface area contributed by atoms with Gasteiger partial charge in [0.15, 0.2) is 6.04 Å². The Hall–Kier alpha value is -2.28. The molecule has 0 aliphatic heterocycles. The van der Waals surface area contributed by atoms with Crippen LogP contribution in [0.2, 0.25) is 0 Å². The van der Waals surface area contributed by atoms with Crippen LogP contribution in [0.1, 0.15) is 34.1 Å². The van der Waals surface area contributed by atoms with E-state index in [4.69, 9.17) is 15.9 Å². The van der Waals surface area contributed by atoms with Gasteiger partial charge in [-0.2, -0.15) is 0 Å². The number of nitrogens with one attached hydrogen (secondary N) is 3. The van der Waals surface area contributed by atoms with Crippen molar-refractivity contribution in [1.29, 1.82) is 0 Å². The minimum atomic E-state index is -1.58. The van der Waals surface area contributed by atoms with E-state index in [0.717, 1.165) is 0 Å². The van der Waals surface area contributed by atoms with Crippen molar-refractivity contribution in [1.82, 2.24) is 16.0 Å². The van der Waals surface area contributed by atoms with E-state index in [1.54, 1.807) is 13.8 Å². The number of aliphatic hydroxyl groups excluding tert-OH is 3. The molecule has 0 bridgehead atoms. The van der Waals surface area contributed by atoms with Crippen molar-refractivity contribution in [3.05, 3.63) is 0 Å². The Kier molecular flexibility index (Phi) is 11.3. The quantitative estimate of drug-likeness (QED) is 0.158. The number of rotatable bonds is 12. The fraction of sp³-hybridized carbons (Fsp3) is 0.765. The number of hydrogen-bond donors (Lipinski definition) is 8. The number of nitrogens with two attached hydrogens (primary N) is 1. The van der Waals surface area contributed by atoms with Crippen LogP contribution in [0.3, 0.4) is 0 Å². The second kappa shape index (κ2) is 12.3. The lowest BCUT2D eigenvalue weighted by Gasteiger charge is -2.27. The van der Waals surface area contributed by atoms with E-state index in [1.165, 1.54) is 13.8 Å². The molecule has 0 spiro atoms. The number of carbonyl (C=O) groups is 4. The standard InChI is InChI=1S/C17H32N4O8/c1-7(2)5-11(15(26)21-13(9(4)24)17(28)29)19-16(27)12(8(3)23)20-14(25)10(18)6-22/h7-13,22-24H,5-6,18H2,1-4H3,(H,19,27)(H,20,25)(H,21,26)(H,28,29). The van der Waals surface area contributed by atoms with Crippen molar-refractivity contribution in [2.75, 3.05) is 6.61 Å². The van der Waals surface area contributed by atoms with Crippen molar-refractivity contribution in [2.45, 2.75) is 70.5 Å². The molecule has 0 aliphatic rings. The molecule has 9 N–H and O–H groups in total. The molecule has 6 atom stereocenters. The molecule has 0 aromatic rings. The molecule has 0 aliphatic carbocycles. The van der Waals surface area contributed by atoms with Crippen LogP contribution in [0.5, 0.6) is 0 Å². The molecule has 0 radical (unpaired) electrons. The highest BCUT2D eigenvalue weighted by Gasteiger charge is 2.33. The maximum atomic E-state index is 12.5. The van der Waals surface area contributed by atoms with Gasteiger partial charge in [0.1, 0.15) is 18.1 Å². The number of carboxylic acid groups (broad SMARTS) is 1. The zero-order chi connectivity index (χ0) is 22.9. The topological polar surface area (TPSA) is 211 Å². The summed E-state index contributed by atoms with van der Waals surface area (Å²) in [7, 11) is 0. The third-order valence-corrected chi connectivity index (χ3v) is 3.98. The highest BCUT2D eigenvalue weighted by molar-refractivity contribution is 5.94. The SMILES string of the molecule is CC(C)CC(NC(=O)C(NC(=O)C(N)CO)C(C)O)C(=O)NC(C(=O)O)C(C)O. The van der Waals surface area contributed by atoms with E-state index in [1.807, 2.05) is 0 Å². The third kappa shape index (κ3) is 9.17. The van der Waals surface area contributed by atoms with Gasteiger partial charge in [0.25, 0.3) is 0 Å². The first-order valence-electron chi connectivity index (χ1n) is 9.18. The number of amides is 3. The Bertz CT molecular complexity index is 582. The predicted octanol–water partition coefficient (Wildman–Crippen LogP) is -3.35. The predicted molar refractivity (Wildman–Crippen MR) is 101 cm³/mol. The van der Waals surface area contributed by atoms with Crippen molar-refractivity contribution < 1.29 is 39.6 Å². The Morgan fingerprint density at radius 1 is 0.828 bits per heavy atom. The first kappa shape index (κ1) is 26.7. The van der Waals surface area contributed by atoms with E-state index in [2.05, 4.69) is 16.0 Å². The number of aliphatic hydroxyl groups is 3. The summed E-state index contributed by atoms with van der Waals surface area (Å²) in [4.78, 5) is 48.1. The van der Waals surface area contributed by atoms with Crippen LogP contribution in [-0.2, 0) is 19.2 Å². The van der Waals surface area contributed by atoms with Crippen LogP contribution < -0.4 is 21.7 Å². The summed E-state index contributed by atoms with van der Waals surface area (Å²) in [5.41, 5.74) is 5.37. The molecule has 6 unspecified atom stereocenters. The second-order valence-electron chi connectivity index (χ2n) is 7.27. The van der Waals surface area contributed by atoms with Gasteiger partial charge in [-0.15, -0.1) is 0 Å². The van der Waals surface area contributed by atoms with Crippen LogP contribution in [0.25, 0.3) is 0 Å². The molecule has 168 valence electrons. The summed E-state index contributed by atoms with van der Waals surface area (Å²) < 4.78 is 0. The minimum Gasteiger partial charge on any atom is -0.480 e. The van der Waals surface area contributed by atoms with Gasteiger partial charge in [-0.1, -0.05) is 13.8 Å². The Balaban J connectivity index is 5.40. The smallest absolute Gasteiger partial charge is 0.328 e. The van der Waals surface area contributed by atoms with Crippen molar-refractivity contribution in [2.24, 2.45) is 11.7 Å². The normalized spacial score (nSPS) is 17.4. The first-order chi connectivity index (χ1) is 13.3. The van der Waals surface area contributed by atoms with Gasteiger partial charge in [-0.3, -0.25) is 14.4 Å². The third-order valence-electron chi connectivity index (χ3n) is 3.98. The highest BCUT2D eigenvalue weighted by atomic mass is 16.4. The number of hydrogen-bond acceptors (Lipinski definition) is 8. The zero-order valence-electron chi connectivity index (χ0n) is 17.0. The molecule has 12 nitrogen and oxygen atoms in total.